The Labute approximate surface area is 96.0 Å². The van der Waals surface area contributed by atoms with Gasteiger partial charge in [0.05, 0.1) is 5.69 Å². The quantitative estimate of drug-likeness (QED) is 0.780. The summed E-state index contributed by atoms with van der Waals surface area (Å²) in [4.78, 5) is 11.8. The predicted octanol–water partition coefficient (Wildman–Crippen LogP) is 0.450. The average Bonchev–Trinajstić information content (AvgIpc) is 2.55. The van der Waals surface area contributed by atoms with Gasteiger partial charge >= 0.3 is 0 Å². The van der Waals surface area contributed by atoms with E-state index in [1.54, 1.807) is 17.8 Å². The second-order valence-electron chi connectivity index (χ2n) is 4.67. The maximum Gasteiger partial charge on any atom is 0.269 e. The van der Waals surface area contributed by atoms with Gasteiger partial charge in [0.25, 0.3) is 5.91 Å². The van der Waals surface area contributed by atoms with Crippen LogP contribution in [0, 0.1) is 0 Å². The Balaban J connectivity index is 2.69. The predicted molar refractivity (Wildman–Crippen MR) is 63.2 cm³/mol. The monoisotopic (exact) mass is 224 g/mol. The summed E-state index contributed by atoms with van der Waals surface area (Å²) in [6.45, 7) is 6.19. The van der Waals surface area contributed by atoms with Crippen LogP contribution in [0.5, 0.6) is 0 Å². The number of nitrogens with one attached hydrogen (secondary N) is 1. The zero-order valence-corrected chi connectivity index (χ0v) is 10.4. The van der Waals surface area contributed by atoms with Gasteiger partial charge in [0.15, 0.2) is 0 Å². The normalized spacial score (nSPS) is 11.6. The van der Waals surface area contributed by atoms with E-state index in [9.17, 15) is 4.79 Å². The molecule has 16 heavy (non-hydrogen) atoms. The first-order valence-electron chi connectivity index (χ1n) is 5.43. The van der Waals surface area contributed by atoms with E-state index in [1.807, 2.05) is 20.8 Å². The molecular weight excluding hydrogens is 204 g/mol. The summed E-state index contributed by atoms with van der Waals surface area (Å²) < 4.78 is 1.59. The zero-order chi connectivity index (χ0) is 12.3. The summed E-state index contributed by atoms with van der Waals surface area (Å²) in [6.07, 6.45) is 0.823. The maximum absolute atomic E-state index is 11.8. The van der Waals surface area contributed by atoms with E-state index >= 15 is 0 Å². The lowest BCUT2D eigenvalue weighted by atomic mass is 10.1. The van der Waals surface area contributed by atoms with E-state index in [4.69, 9.17) is 5.73 Å². The van der Waals surface area contributed by atoms with E-state index < -0.39 is 5.54 Å². The topological polar surface area (TPSA) is 72.9 Å². The van der Waals surface area contributed by atoms with Gasteiger partial charge in [0.1, 0.15) is 5.69 Å². The summed E-state index contributed by atoms with van der Waals surface area (Å²) in [6, 6.07) is 1.80. The van der Waals surface area contributed by atoms with Crippen LogP contribution in [0.3, 0.4) is 0 Å². The summed E-state index contributed by atoms with van der Waals surface area (Å²) in [5, 5.41) is 7.01. The second kappa shape index (κ2) is 4.65. The molecule has 1 rings (SSSR count). The minimum Gasteiger partial charge on any atom is -0.349 e. The van der Waals surface area contributed by atoms with Gasteiger partial charge in [-0.15, -0.1) is 0 Å². The lowest BCUT2D eigenvalue weighted by Gasteiger charge is -2.18. The van der Waals surface area contributed by atoms with Crippen molar-refractivity contribution < 1.29 is 4.79 Å². The number of aromatic nitrogens is 2. The summed E-state index contributed by atoms with van der Waals surface area (Å²) in [5.41, 5.74) is 6.88. The molecule has 0 saturated heterocycles. The van der Waals surface area contributed by atoms with Gasteiger partial charge in [-0.25, -0.2) is 0 Å². The van der Waals surface area contributed by atoms with E-state index in [2.05, 4.69) is 10.4 Å². The molecule has 0 aliphatic carbocycles. The van der Waals surface area contributed by atoms with Crippen molar-refractivity contribution in [3.63, 3.8) is 0 Å². The van der Waals surface area contributed by atoms with Crippen molar-refractivity contribution in [2.75, 3.05) is 6.54 Å². The highest BCUT2D eigenvalue weighted by Crippen LogP contribution is 2.04. The summed E-state index contributed by atoms with van der Waals surface area (Å²) in [7, 11) is 1.77. The average molecular weight is 224 g/mol. The molecule has 0 saturated carbocycles. The molecule has 0 bridgehead atoms. The van der Waals surface area contributed by atoms with Gasteiger partial charge in [-0.2, -0.15) is 5.10 Å². The van der Waals surface area contributed by atoms with Crippen molar-refractivity contribution in [2.24, 2.45) is 12.8 Å². The van der Waals surface area contributed by atoms with Crippen molar-refractivity contribution in [1.82, 2.24) is 15.1 Å². The van der Waals surface area contributed by atoms with Gasteiger partial charge in [-0.05, 0) is 26.3 Å². The minimum atomic E-state index is -0.401. The first-order valence-corrected chi connectivity index (χ1v) is 5.43. The molecule has 0 unspecified atom stereocenters. The van der Waals surface area contributed by atoms with Crippen molar-refractivity contribution in [3.8, 4) is 0 Å². The van der Waals surface area contributed by atoms with Gasteiger partial charge in [-0.1, -0.05) is 6.92 Å². The number of amides is 1. The molecule has 90 valence electrons. The Hall–Kier alpha value is -1.36. The molecular formula is C11H20N4O. The fraction of sp³-hybridized carbons (Fsp3) is 0.636. The number of hydrogen-bond donors (Lipinski definition) is 2. The zero-order valence-electron chi connectivity index (χ0n) is 10.4. The molecule has 0 aromatic carbocycles. The van der Waals surface area contributed by atoms with Crippen LogP contribution in [0.15, 0.2) is 6.07 Å². The second-order valence-corrected chi connectivity index (χ2v) is 4.67. The summed E-state index contributed by atoms with van der Waals surface area (Å²) >= 11 is 0. The third-order valence-electron chi connectivity index (χ3n) is 2.23. The Morgan fingerprint density at radius 1 is 1.62 bits per heavy atom. The molecule has 1 aromatic heterocycles. The number of nitrogens with two attached hydrogens (primary N) is 1. The Kier molecular flexibility index (Phi) is 3.70. The number of hydrogen-bond acceptors (Lipinski definition) is 3. The molecule has 0 fully saturated rings. The molecule has 1 aromatic rings. The van der Waals surface area contributed by atoms with Crippen LogP contribution < -0.4 is 11.1 Å². The molecule has 0 atom stereocenters. The maximum atomic E-state index is 11.8. The molecule has 0 radical (unpaired) electrons. The van der Waals surface area contributed by atoms with Crippen LogP contribution in [-0.4, -0.2) is 27.8 Å². The highest BCUT2D eigenvalue weighted by molar-refractivity contribution is 5.92. The fourth-order valence-electron chi connectivity index (χ4n) is 1.31. The Morgan fingerprint density at radius 3 is 2.69 bits per heavy atom. The number of carbonyl (C=O) groups is 1. The van der Waals surface area contributed by atoms with Crippen LogP contribution in [0.4, 0.5) is 0 Å². The van der Waals surface area contributed by atoms with Crippen LogP contribution in [-0.2, 0) is 13.5 Å². The van der Waals surface area contributed by atoms with Crippen molar-refractivity contribution in [1.29, 1.82) is 0 Å². The third kappa shape index (κ3) is 3.34. The van der Waals surface area contributed by atoms with E-state index in [0.29, 0.717) is 12.2 Å². The van der Waals surface area contributed by atoms with Crippen molar-refractivity contribution in [3.05, 3.63) is 17.5 Å². The van der Waals surface area contributed by atoms with Gasteiger partial charge in [0.2, 0.25) is 0 Å². The smallest absolute Gasteiger partial charge is 0.269 e. The summed E-state index contributed by atoms with van der Waals surface area (Å²) in [5.74, 6) is -0.131. The molecule has 5 heteroatoms. The molecule has 1 amide bonds. The van der Waals surface area contributed by atoms with Crippen molar-refractivity contribution >= 4 is 5.91 Å². The molecule has 0 aliphatic rings. The molecule has 1 heterocycles. The lowest BCUT2D eigenvalue weighted by molar-refractivity contribution is 0.0936. The van der Waals surface area contributed by atoms with Crippen LogP contribution >= 0.6 is 0 Å². The Morgan fingerprint density at radius 2 is 2.25 bits per heavy atom. The lowest BCUT2D eigenvalue weighted by Crippen LogP contribution is -2.45. The van der Waals surface area contributed by atoms with Crippen LogP contribution in [0.2, 0.25) is 0 Å². The van der Waals surface area contributed by atoms with Crippen LogP contribution in [0.25, 0.3) is 0 Å². The van der Waals surface area contributed by atoms with E-state index in [-0.39, 0.29) is 5.91 Å². The van der Waals surface area contributed by atoms with E-state index in [0.717, 1.165) is 12.1 Å². The van der Waals surface area contributed by atoms with Gasteiger partial charge in [-0.3, -0.25) is 9.48 Å². The first-order chi connectivity index (χ1) is 7.33. The molecule has 0 spiro atoms. The van der Waals surface area contributed by atoms with E-state index in [1.165, 1.54) is 0 Å². The fourth-order valence-corrected chi connectivity index (χ4v) is 1.31. The minimum absolute atomic E-state index is 0.131. The number of rotatable bonds is 4. The standard InChI is InChI=1S/C11H20N4O/c1-5-8-6-9(15(4)14-8)10(16)13-7-11(2,3)12/h6H,5,7,12H2,1-4H3,(H,13,16). The van der Waals surface area contributed by atoms with Crippen LogP contribution in [0.1, 0.15) is 37.0 Å². The largest absolute Gasteiger partial charge is 0.349 e. The van der Waals surface area contributed by atoms with Crippen molar-refractivity contribution in [2.45, 2.75) is 32.7 Å². The van der Waals surface area contributed by atoms with Gasteiger partial charge < -0.3 is 11.1 Å². The molecule has 0 aliphatic heterocycles. The number of aryl methyl sites for hydroxylation is 2. The number of carbonyl (C=O) groups excluding carboxylic acids is 1. The highest BCUT2D eigenvalue weighted by atomic mass is 16.2. The Bertz CT molecular complexity index is 376. The molecule has 5 nitrogen and oxygen atoms in total. The number of nitrogens with zero attached hydrogens (tertiary/aromatic N) is 2. The first kappa shape index (κ1) is 12.7. The highest BCUT2D eigenvalue weighted by Gasteiger charge is 2.16. The van der Waals surface area contributed by atoms with Gasteiger partial charge in [0, 0.05) is 19.1 Å². The molecule has 3 N–H and O–H groups in total. The SMILES string of the molecule is CCc1cc(C(=O)NCC(C)(C)N)n(C)n1. The third-order valence-corrected chi connectivity index (χ3v) is 2.23.